The molecule has 9 nitrogen and oxygen atoms in total. The predicted molar refractivity (Wildman–Crippen MR) is 243 cm³/mol. The molecule has 0 saturated carbocycles. The number of carbonyl (C=O) groups excluding carboxylic acids is 2. The van der Waals surface area contributed by atoms with Crippen LogP contribution in [-0.4, -0.2) is 74.9 Å². The number of rotatable bonds is 43. The van der Waals surface area contributed by atoms with Gasteiger partial charge in [0.25, 0.3) is 0 Å². The first-order chi connectivity index (χ1) is 28.0. The molecule has 0 rings (SSSR count). The van der Waals surface area contributed by atoms with Crippen LogP contribution in [0.1, 0.15) is 206 Å². The van der Waals surface area contributed by atoms with Gasteiger partial charge in [-0.3, -0.25) is 18.6 Å². The van der Waals surface area contributed by atoms with Crippen molar-refractivity contribution in [3.8, 4) is 0 Å². The summed E-state index contributed by atoms with van der Waals surface area (Å²) in [6.07, 6.45) is 46.1. The van der Waals surface area contributed by atoms with E-state index < -0.39 is 26.5 Å². The van der Waals surface area contributed by atoms with Crippen LogP contribution in [0.2, 0.25) is 0 Å². The van der Waals surface area contributed by atoms with Crippen molar-refractivity contribution in [2.24, 2.45) is 0 Å². The maximum atomic E-state index is 12.7. The molecule has 1 N–H and O–H groups in total. The molecule has 1 unspecified atom stereocenters. The molecule has 0 aliphatic heterocycles. The van der Waals surface area contributed by atoms with Gasteiger partial charge in [-0.2, -0.15) is 0 Å². The molecule has 0 saturated heterocycles. The van der Waals surface area contributed by atoms with E-state index in [1.807, 2.05) is 21.1 Å². The van der Waals surface area contributed by atoms with Crippen LogP contribution in [0.4, 0.5) is 0 Å². The Morgan fingerprint density at radius 2 is 0.931 bits per heavy atom. The van der Waals surface area contributed by atoms with E-state index in [1.54, 1.807) is 0 Å². The SMILES string of the molecule is CCCCC/C=C\C/C=C\CCCCCCCCCCCC(=O)OC[C@H](COP(=O)(O)OCC[N+](C)(C)C)OC(=O)CCCCCCCCC/C=C\CCCCCC. The Morgan fingerprint density at radius 3 is 1.41 bits per heavy atom. The Hall–Kier alpha value is -1.77. The van der Waals surface area contributed by atoms with E-state index >= 15 is 0 Å². The highest BCUT2D eigenvalue weighted by Gasteiger charge is 2.27. The number of ether oxygens (including phenoxy) is 2. The van der Waals surface area contributed by atoms with Crippen LogP contribution in [0.25, 0.3) is 0 Å². The Balaban J connectivity index is 4.30. The Labute approximate surface area is 357 Å². The zero-order chi connectivity index (χ0) is 42.8. The number of nitrogens with zero attached hydrogens (tertiary/aromatic N) is 1. The summed E-state index contributed by atoms with van der Waals surface area (Å²) in [6.45, 7) is 4.39. The number of likely N-dealkylation sites (N-methyl/N-ethyl adjacent to an activating group) is 1. The van der Waals surface area contributed by atoms with Gasteiger partial charge in [0.15, 0.2) is 6.10 Å². The number of carbonyl (C=O) groups is 2. The molecule has 0 amide bonds. The van der Waals surface area contributed by atoms with E-state index in [9.17, 15) is 19.0 Å². The number of phosphoric acid groups is 1. The quantitative estimate of drug-likeness (QED) is 0.0213. The average Bonchev–Trinajstić information content (AvgIpc) is 3.17. The molecule has 2 atom stereocenters. The molecule has 0 aliphatic rings. The second-order valence-electron chi connectivity index (χ2n) is 17.1. The number of quaternary nitrogens is 1. The summed E-state index contributed by atoms with van der Waals surface area (Å²) in [5.74, 6) is -0.805. The Kier molecular flexibility index (Phi) is 39.4. The van der Waals surface area contributed by atoms with Gasteiger partial charge in [-0.15, -0.1) is 0 Å². The highest BCUT2D eigenvalue weighted by molar-refractivity contribution is 7.47. The van der Waals surface area contributed by atoms with Crippen LogP contribution >= 0.6 is 7.82 Å². The van der Waals surface area contributed by atoms with Crippen molar-refractivity contribution in [3.63, 3.8) is 0 Å². The molecule has 0 aliphatic carbocycles. The van der Waals surface area contributed by atoms with Gasteiger partial charge >= 0.3 is 19.8 Å². The summed E-state index contributed by atoms with van der Waals surface area (Å²) in [5, 5.41) is 0. The first kappa shape index (κ1) is 56.2. The normalized spacial score (nSPS) is 13.8. The zero-order valence-electron chi connectivity index (χ0n) is 38.3. The van der Waals surface area contributed by atoms with Crippen LogP contribution in [-0.2, 0) is 32.7 Å². The summed E-state index contributed by atoms with van der Waals surface area (Å²) >= 11 is 0. The maximum Gasteiger partial charge on any atom is 0.472 e. The molecule has 0 fully saturated rings. The molecular formula is C48H91NO8P+. The lowest BCUT2D eigenvalue weighted by molar-refractivity contribution is -0.870. The topological polar surface area (TPSA) is 108 Å². The van der Waals surface area contributed by atoms with Crippen molar-refractivity contribution in [3.05, 3.63) is 36.5 Å². The molecule has 0 heterocycles. The van der Waals surface area contributed by atoms with E-state index in [0.717, 1.165) is 51.4 Å². The van der Waals surface area contributed by atoms with Gasteiger partial charge in [0.2, 0.25) is 0 Å². The Bertz CT molecular complexity index is 1090. The summed E-state index contributed by atoms with van der Waals surface area (Å²) in [5.41, 5.74) is 0. The van der Waals surface area contributed by atoms with Crippen LogP contribution in [0, 0.1) is 0 Å². The Morgan fingerprint density at radius 1 is 0.534 bits per heavy atom. The molecule has 0 radical (unpaired) electrons. The number of esters is 2. The van der Waals surface area contributed by atoms with Crippen LogP contribution in [0.3, 0.4) is 0 Å². The van der Waals surface area contributed by atoms with E-state index in [1.165, 1.54) is 122 Å². The lowest BCUT2D eigenvalue weighted by Gasteiger charge is -2.24. The fraction of sp³-hybridized carbons (Fsp3) is 0.833. The smallest absolute Gasteiger partial charge is 0.462 e. The summed E-state index contributed by atoms with van der Waals surface area (Å²) in [6, 6.07) is 0. The third kappa shape index (κ3) is 43.8. The molecule has 58 heavy (non-hydrogen) atoms. The van der Waals surface area contributed by atoms with Gasteiger partial charge in [-0.05, 0) is 70.6 Å². The first-order valence-electron chi connectivity index (χ1n) is 23.7. The number of allylic oxidation sites excluding steroid dienone is 6. The summed E-state index contributed by atoms with van der Waals surface area (Å²) in [7, 11) is 1.47. The van der Waals surface area contributed by atoms with Crippen molar-refractivity contribution in [1.82, 2.24) is 0 Å². The van der Waals surface area contributed by atoms with Gasteiger partial charge in [0, 0.05) is 12.8 Å². The van der Waals surface area contributed by atoms with Crippen LogP contribution < -0.4 is 0 Å². The van der Waals surface area contributed by atoms with E-state index in [2.05, 4.69) is 50.3 Å². The number of unbranched alkanes of at least 4 members (excludes halogenated alkanes) is 23. The molecule has 340 valence electrons. The van der Waals surface area contributed by atoms with Gasteiger partial charge in [0.05, 0.1) is 27.7 Å². The van der Waals surface area contributed by atoms with Gasteiger partial charge in [-0.25, -0.2) is 4.57 Å². The van der Waals surface area contributed by atoms with Crippen molar-refractivity contribution in [2.75, 3.05) is 47.5 Å². The second kappa shape index (κ2) is 40.6. The van der Waals surface area contributed by atoms with Gasteiger partial charge < -0.3 is 18.9 Å². The zero-order valence-corrected chi connectivity index (χ0v) is 39.2. The average molecular weight is 841 g/mol. The molecule has 0 aromatic carbocycles. The molecule has 10 heteroatoms. The van der Waals surface area contributed by atoms with Crippen LogP contribution in [0.15, 0.2) is 36.5 Å². The minimum absolute atomic E-state index is 0.0303. The monoisotopic (exact) mass is 841 g/mol. The molecule has 0 aromatic rings. The van der Waals surface area contributed by atoms with Crippen molar-refractivity contribution in [1.29, 1.82) is 0 Å². The number of phosphoric ester groups is 1. The predicted octanol–water partition coefficient (Wildman–Crippen LogP) is 13.7. The largest absolute Gasteiger partial charge is 0.472 e. The highest BCUT2D eigenvalue weighted by Crippen LogP contribution is 2.43. The summed E-state index contributed by atoms with van der Waals surface area (Å²) in [4.78, 5) is 35.4. The molecular weight excluding hydrogens is 750 g/mol. The molecule has 0 aromatic heterocycles. The lowest BCUT2D eigenvalue weighted by Crippen LogP contribution is -2.37. The minimum Gasteiger partial charge on any atom is -0.462 e. The molecule has 0 spiro atoms. The van der Waals surface area contributed by atoms with E-state index in [0.29, 0.717) is 17.4 Å². The standard InChI is InChI=1S/C48H90NO8P/c1-6-8-10-12-14-16-18-20-22-23-24-25-27-28-30-32-34-36-38-40-47(50)54-44-46(45-56-58(52,53)55-43-42-49(3,4)5)57-48(51)41-39-37-35-33-31-29-26-21-19-17-15-13-11-9-7-2/h14,16-17,19-20,22,46H,6-13,15,18,21,23-45H2,1-5H3/p+1/b16-14-,19-17-,22-20-/t46-/m1/s1. The summed E-state index contributed by atoms with van der Waals surface area (Å²) < 4.78 is 34.4. The third-order valence-corrected chi connectivity index (χ3v) is 11.1. The lowest BCUT2D eigenvalue weighted by atomic mass is 10.1. The van der Waals surface area contributed by atoms with Gasteiger partial charge in [0.1, 0.15) is 19.8 Å². The van der Waals surface area contributed by atoms with E-state index in [-0.39, 0.29) is 32.0 Å². The fourth-order valence-electron chi connectivity index (χ4n) is 6.39. The van der Waals surface area contributed by atoms with Crippen LogP contribution in [0.5, 0.6) is 0 Å². The van der Waals surface area contributed by atoms with Crippen molar-refractivity contribution >= 4 is 19.8 Å². The second-order valence-corrected chi connectivity index (χ2v) is 18.6. The molecule has 0 bridgehead atoms. The first-order valence-corrected chi connectivity index (χ1v) is 25.2. The van der Waals surface area contributed by atoms with Crippen molar-refractivity contribution in [2.45, 2.75) is 213 Å². The number of hydrogen-bond acceptors (Lipinski definition) is 7. The fourth-order valence-corrected chi connectivity index (χ4v) is 7.13. The third-order valence-electron chi connectivity index (χ3n) is 10.1. The van der Waals surface area contributed by atoms with E-state index in [4.69, 9.17) is 18.5 Å². The van der Waals surface area contributed by atoms with Crippen molar-refractivity contribution < 1.29 is 42.1 Å². The maximum absolute atomic E-state index is 12.7. The highest BCUT2D eigenvalue weighted by atomic mass is 31.2. The number of hydrogen-bond donors (Lipinski definition) is 1. The van der Waals surface area contributed by atoms with Gasteiger partial charge in [-0.1, -0.05) is 159 Å². The minimum atomic E-state index is -4.38.